The van der Waals surface area contributed by atoms with Gasteiger partial charge in [0, 0.05) is 16.8 Å². The van der Waals surface area contributed by atoms with Crippen molar-refractivity contribution in [2.75, 3.05) is 11.9 Å². The Morgan fingerprint density at radius 3 is 2.75 bits per heavy atom. The van der Waals surface area contributed by atoms with E-state index in [4.69, 9.17) is 28.5 Å². The van der Waals surface area contributed by atoms with Crippen molar-refractivity contribution < 1.29 is 9.18 Å². The van der Waals surface area contributed by atoms with Crippen molar-refractivity contribution in [3.63, 3.8) is 0 Å². The molecule has 0 aromatic heterocycles. The summed E-state index contributed by atoms with van der Waals surface area (Å²) in [6, 6.07) is 10.8. The first-order chi connectivity index (χ1) is 11.4. The van der Waals surface area contributed by atoms with Crippen molar-refractivity contribution >= 4 is 34.8 Å². The molecule has 2 aromatic rings. The number of nitriles is 1. The fourth-order valence-corrected chi connectivity index (χ4v) is 2.64. The van der Waals surface area contributed by atoms with Crippen molar-refractivity contribution in [2.24, 2.45) is 0 Å². The standard InChI is InChI=1S/C17H14Cl2FN3O/c1-10(13-6-16(20)15(19)7-14(13)18)22-9-17(24)23-12-4-2-3-11(5-12)8-21/h2-7,10,22H,9H2,1H3,(H,23,24)/t10-/m0/s1. The van der Waals surface area contributed by atoms with Crippen LogP contribution in [0.15, 0.2) is 36.4 Å². The van der Waals surface area contributed by atoms with Crippen molar-refractivity contribution in [2.45, 2.75) is 13.0 Å². The predicted molar refractivity (Wildman–Crippen MR) is 92.6 cm³/mol. The van der Waals surface area contributed by atoms with E-state index in [-0.39, 0.29) is 23.5 Å². The number of carbonyl (C=O) groups excluding carboxylic acids is 1. The van der Waals surface area contributed by atoms with Crippen LogP contribution in [0.4, 0.5) is 10.1 Å². The molecule has 2 rings (SSSR count). The number of carbonyl (C=O) groups is 1. The van der Waals surface area contributed by atoms with Crippen LogP contribution >= 0.6 is 23.2 Å². The van der Waals surface area contributed by atoms with Gasteiger partial charge in [-0.25, -0.2) is 4.39 Å². The lowest BCUT2D eigenvalue weighted by Crippen LogP contribution is -2.30. The van der Waals surface area contributed by atoms with E-state index >= 15 is 0 Å². The van der Waals surface area contributed by atoms with Crippen LogP contribution in [0.2, 0.25) is 10.0 Å². The average Bonchev–Trinajstić information content (AvgIpc) is 2.56. The third-order valence-corrected chi connectivity index (χ3v) is 3.97. The lowest BCUT2D eigenvalue weighted by Gasteiger charge is -2.16. The van der Waals surface area contributed by atoms with Gasteiger partial charge < -0.3 is 10.6 Å². The highest BCUT2D eigenvalue weighted by Crippen LogP contribution is 2.28. The van der Waals surface area contributed by atoms with Gasteiger partial charge in [-0.1, -0.05) is 29.3 Å². The molecule has 0 aliphatic carbocycles. The smallest absolute Gasteiger partial charge is 0.238 e. The minimum atomic E-state index is -0.567. The number of halogens is 3. The van der Waals surface area contributed by atoms with Crippen LogP contribution in [0.1, 0.15) is 24.1 Å². The number of anilines is 1. The summed E-state index contributed by atoms with van der Waals surface area (Å²) in [6.45, 7) is 1.76. The van der Waals surface area contributed by atoms with Gasteiger partial charge in [-0.3, -0.25) is 4.79 Å². The first kappa shape index (κ1) is 18.2. The maximum Gasteiger partial charge on any atom is 0.238 e. The van der Waals surface area contributed by atoms with Crippen molar-refractivity contribution in [1.82, 2.24) is 5.32 Å². The van der Waals surface area contributed by atoms with E-state index in [1.54, 1.807) is 31.2 Å². The molecule has 0 radical (unpaired) electrons. The highest BCUT2D eigenvalue weighted by atomic mass is 35.5. The highest BCUT2D eigenvalue weighted by molar-refractivity contribution is 6.35. The molecule has 7 heteroatoms. The van der Waals surface area contributed by atoms with Crippen LogP contribution in [0, 0.1) is 17.1 Å². The van der Waals surface area contributed by atoms with E-state index in [1.807, 2.05) is 6.07 Å². The number of hydrogen-bond donors (Lipinski definition) is 2. The molecule has 1 atom stereocenters. The van der Waals surface area contributed by atoms with Crippen LogP contribution in [0.25, 0.3) is 0 Å². The maximum atomic E-state index is 13.6. The van der Waals surface area contributed by atoms with Gasteiger partial charge in [-0.2, -0.15) is 5.26 Å². The molecule has 0 fully saturated rings. The molecule has 0 heterocycles. The fraction of sp³-hybridized carbons (Fsp3) is 0.176. The molecule has 0 unspecified atom stereocenters. The average molecular weight is 366 g/mol. The molecule has 0 saturated heterocycles. The van der Waals surface area contributed by atoms with Gasteiger partial charge in [0.25, 0.3) is 0 Å². The number of nitrogens with zero attached hydrogens (tertiary/aromatic N) is 1. The minimum absolute atomic E-state index is 0.00147. The molecular weight excluding hydrogens is 352 g/mol. The topological polar surface area (TPSA) is 64.9 Å². The van der Waals surface area contributed by atoms with Crippen LogP contribution < -0.4 is 10.6 Å². The van der Waals surface area contributed by atoms with Crippen molar-refractivity contribution in [3.05, 3.63) is 63.4 Å². The quantitative estimate of drug-likeness (QED) is 0.776. The predicted octanol–water partition coefficient (Wildman–Crippen LogP) is 4.29. The van der Waals surface area contributed by atoms with Gasteiger partial charge in [0.05, 0.1) is 23.2 Å². The first-order valence-electron chi connectivity index (χ1n) is 7.08. The summed E-state index contributed by atoms with van der Waals surface area (Å²) >= 11 is 11.7. The zero-order chi connectivity index (χ0) is 17.7. The zero-order valence-corrected chi connectivity index (χ0v) is 14.2. The molecule has 4 nitrogen and oxygen atoms in total. The molecule has 2 aromatic carbocycles. The molecule has 0 bridgehead atoms. The van der Waals surface area contributed by atoms with Crippen LogP contribution in [0.3, 0.4) is 0 Å². The van der Waals surface area contributed by atoms with E-state index < -0.39 is 5.82 Å². The number of amides is 1. The Balaban J connectivity index is 1.96. The third kappa shape index (κ3) is 4.68. The Kier molecular flexibility index (Phi) is 6.16. The van der Waals surface area contributed by atoms with Crippen LogP contribution in [0.5, 0.6) is 0 Å². The summed E-state index contributed by atoms with van der Waals surface area (Å²) in [5.41, 5.74) is 1.50. The lowest BCUT2D eigenvalue weighted by atomic mass is 10.1. The molecular formula is C17H14Cl2FN3O. The normalized spacial score (nSPS) is 11.6. The van der Waals surface area contributed by atoms with Gasteiger partial charge >= 0.3 is 0 Å². The van der Waals surface area contributed by atoms with Gasteiger partial charge in [0.15, 0.2) is 0 Å². The van der Waals surface area contributed by atoms with E-state index in [0.717, 1.165) is 0 Å². The van der Waals surface area contributed by atoms with E-state index in [0.29, 0.717) is 21.8 Å². The number of nitrogens with one attached hydrogen (secondary N) is 2. The van der Waals surface area contributed by atoms with Crippen LogP contribution in [-0.4, -0.2) is 12.5 Å². The fourth-order valence-electron chi connectivity index (χ4n) is 2.10. The molecule has 2 N–H and O–H groups in total. The van der Waals surface area contributed by atoms with Crippen molar-refractivity contribution in [1.29, 1.82) is 5.26 Å². The second kappa shape index (κ2) is 8.11. The minimum Gasteiger partial charge on any atom is -0.325 e. The van der Waals surface area contributed by atoms with E-state index in [1.165, 1.54) is 12.1 Å². The molecule has 24 heavy (non-hydrogen) atoms. The van der Waals surface area contributed by atoms with E-state index in [9.17, 15) is 9.18 Å². The second-order valence-corrected chi connectivity index (χ2v) is 5.95. The monoisotopic (exact) mass is 365 g/mol. The third-order valence-electron chi connectivity index (χ3n) is 3.35. The van der Waals surface area contributed by atoms with Gasteiger partial charge in [0.2, 0.25) is 5.91 Å². The van der Waals surface area contributed by atoms with Crippen LogP contribution in [-0.2, 0) is 4.79 Å². The second-order valence-electron chi connectivity index (χ2n) is 5.13. The largest absolute Gasteiger partial charge is 0.325 e. The molecule has 1 amide bonds. The Hall–Kier alpha value is -2.13. The SMILES string of the molecule is C[C@H](NCC(=O)Nc1cccc(C#N)c1)c1cc(F)c(Cl)cc1Cl. The van der Waals surface area contributed by atoms with Gasteiger partial charge in [-0.15, -0.1) is 0 Å². The lowest BCUT2D eigenvalue weighted by molar-refractivity contribution is -0.115. The van der Waals surface area contributed by atoms with Crippen molar-refractivity contribution in [3.8, 4) is 6.07 Å². The molecule has 0 saturated carbocycles. The molecule has 0 aliphatic heterocycles. The Morgan fingerprint density at radius 2 is 2.04 bits per heavy atom. The van der Waals surface area contributed by atoms with Gasteiger partial charge in [-0.05, 0) is 42.8 Å². The Labute approximate surface area is 149 Å². The number of rotatable bonds is 5. The highest BCUT2D eigenvalue weighted by Gasteiger charge is 2.14. The maximum absolute atomic E-state index is 13.6. The molecule has 0 aliphatic rings. The number of hydrogen-bond acceptors (Lipinski definition) is 3. The molecule has 124 valence electrons. The first-order valence-corrected chi connectivity index (χ1v) is 7.84. The summed E-state index contributed by atoms with van der Waals surface area (Å²) in [6.07, 6.45) is 0. The Bertz CT molecular complexity index is 805. The summed E-state index contributed by atoms with van der Waals surface area (Å²) in [7, 11) is 0. The molecule has 0 spiro atoms. The summed E-state index contributed by atoms with van der Waals surface area (Å²) < 4.78 is 13.6. The Morgan fingerprint density at radius 1 is 1.29 bits per heavy atom. The zero-order valence-electron chi connectivity index (χ0n) is 12.7. The number of benzene rings is 2. The van der Waals surface area contributed by atoms with Gasteiger partial charge in [0.1, 0.15) is 5.82 Å². The summed E-state index contributed by atoms with van der Waals surface area (Å²) in [5.74, 6) is -0.856. The summed E-state index contributed by atoms with van der Waals surface area (Å²) in [4.78, 5) is 12.0. The van der Waals surface area contributed by atoms with E-state index in [2.05, 4.69) is 10.6 Å². The summed E-state index contributed by atoms with van der Waals surface area (Å²) in [5, 5.41) is 14.8.